The van der Waals surface area contributed by atoms with Crippen LogP contribution in [0.5, 0.6) is 0 Å². The summed E-state index contributed by atoms with van der Waals surface area (Å²) in [5.41, 5.74) is 1.44. The molecule has 1 atom stereocenters. The van der Waals surface area contributed by atoms with Crippen LogP contribution >= 0.6 is 0 Å². The maximum atomic E-state index is 12.7. The molecule has 4 rings (SSSR count). The molecular weight excluding hydrogens is 370 g/mol. The van der Waals surface area contributed by atoms with E-state index in [1.807, 2.05) is 6.07 Å². The third-order valence-corrected chi connectivity index (χ3v) is 5.72. The highest BCUT2D eigenvalue weighted by atomic mass is 16.6. The van der Waals surface area contributed by atoms with Gasteiger partial charge in [0.1, 0.15) is 5.69 Å². The predicted molar refractivity (Wildman–Crippen MR) is 111 cm³/mol. The zero-order valence-corrected chi connectivity index (χ0v) is 16.3. The van der Waals surface area contributed by atoms with E-state index < -0.39 is 0 Å². The Hall–Kier alpha value is -2.77. The lowest BCUT2D eigenvalue weighted by Crippen LogP contribution is -2.48. The number of anilines is 1. The molecule has 1 unspecified atom stereocenters. The number of nitro benzene ring substituents is 1. The van der Waals surface area contributed by atoms with E-state index in [1.165, 1.54) is 6.07 Å². The van der Waals surface area contributed by atoms with E-state index in [-0.39, 0.29) is 16.4 Å². The number of ketones is 1. The maximum absolute atomic E-state index is 12.7. The molecule has 2 heterocycles. The van der Waals surface area contributed by atoms with Gasteiger partial charge in [0, 0.05) is 56.5 Å². The van der Waals surface area contributed by atoms with Gasteiger partial charge in [-0.1, -0.05) is 30.3 Å². The summed E-state index contributed by atoms with van der Waals surface area (Å²) < 4.78 is 5.45. The van der Waals surface area contributed by atoms with Gasteiger partial charge in [0.15, 0.2) is 5.78 Å². The van der Waals surface area contributed by atoms with E-state index in [9.17, 15) is 14.9 Å². The van der Waals surface area contributed by atoms with Gasteiger partial charge in [-0.2, -0.15) is 0 Å². The summed E-state index contributed by atoms with van der Waals surface area (Å²) in [5, 5.41) is 11.7. The van der Waals surface area contributed by atoms with Gasteiger partial charge in [0.25, 0.3) is 5.69 Å². The van der Waals surface area contributed by atoms with Crippen LogP contribution in [0.4, 0.5) is 11.4 Å². The molecule has 0 saturated carbocycles. The highest BCUT2D eigenvalue weighted by molar-refractivity contribution is 6.09. The Bertz CT molecular complexity index is 873. The molecule has 0 N–H and O–H groups in total. The molecule has 7 heteroatoms. The number of nitro groups is 1. The van der Waals surface area contributed by atoms with Gasteiger partial charge < -0.3 is 9.64 Å². The molecule has 2 fully saturated rings. The van der Waals surface area contributed by atoms with Crippen LogP contribution in [0, 0.1) is 16.0 Å². The lowest BCUT2D eigenvalue weighted by molar-refractivity contribution is -0.384. The Kier molecular flexibility index (Phi) is 5.87. The number of carbonyl (C=O) groups excluding carboxylic acids is 1. The molecule has 0 aliphatic carbocycles. The number of piperazine rings is 1. The first-order chi connectivity index (χ1) is 14.1. The summed E-state index contributed by atoms with van der Waals surface area (Å²) in [7, 11) is 0. The fourth-order valence-corrected chi connectivity index (χ4v) is 4.10. The lowest BCUT2D eigenvalue weighted by Gasteiger charge is -2.36. The topological polar surface area (TPSA) is 75.9 Å². The van der Waals surface area contributed by atoms with Gasteiger partial charge in [-0.05, 0) is 24.5 Å². The molecule has 2 aliphatic heterocycles. The van der Waals surface area contributed by atoms with Gasteiger partial charge in [0.05, 0.1) is 11.5 Å². The maximum Gasteiger partial charge on any atom is 0.293 e. The molecule has 2 saturated heterocycles. The fourth-order valence-electron chi connectivity index (χ4n) is 4.10. The molecule has 152 valence electrons. The van der Waals surface area contributed by atoms with E-state index in [0.29, 0.717) is 22.7 Å². The van der Waals surface area contributed by atoms with Gasteiger partial charge in [0.2, 0.25) is 0 Å². The molecule has 0 aromatic heterocycles. The summed E-state index contributed by atoms with van der Waals surface area (Å²) in [6, 6.07) is 13.7. The second kappa shape index (κ2) is 8.71. The van der Waals surface area contributed by atoms with E-state index in [1.54, 1.807) is 36.4 Å². The second-order valence-corrected chi connectivity index (χ2v) is 7.67. The van der Waals surface area contributed by atoms with Crippen LogP contribution < -0.4 is 4.90 Å². The van der Waals surface area contributed by atoms with Crippen LogP contribution in [-0.2, 0) is 4.74 Å². The van der Waals surface area contributed by atoms with E-state index >= 15 is 0 Å². The van der Waals surface area contributed by atoms with Crippen LogP contribution in [0.1, 0.15) is 22.3 Å². The smallest absolute Gasteiger partial charge is 0.293 e. The summed E-state index contributed by atoms with van der Waals surface area (Å²) in [4.78, 5) is 28.5. The standard InChI is InChI=1S/C22H25N3O4/c26-22(18-4-2-1-3-5-18)19-6-7-20(21(14-19)25(27)28)24-11-9-23(10-12-24)15-17-8-13-29-16-17/h1-7,14,17H,8-13,15-16H2. The van der Waals surface area contributed by atoms with Crippen molar-refractivity contribution < 1.29 is 14.5 Å². The number of hydrogen-bond donors (Lipinski definition) is 0. The summed E-state index contributed by atoms with van der Waals surface area (Å²) in [6.07, 6.45) is 1.11. The molecule has 2 aromatic rings. The number of hydrogen-bond acceptors (Lipinski definition) is 6. The molecule has 0 amide bonds. The van der Waals surface area contributed by atoms with Crippen LogP contribution in [0.2, 0.25) is 0 Å². The van der Waals surface area contributed by atoms with E-state index in [2.05, 4.69) is 9.80 Å². The number of benzene rings is 2. The molecule has 7 nitrogen and oxygen atoms in total. The Morgan fingerprint density at radius 1 is 1.07 bits per heavy atom. The first-order valence-corrected chi connectivity index (χ1v) is 10.0. The Labute approximate surface area is 170 Å². The summed E-state index contributed by atoms with van der Waals surface area (Å²) >= 11 is 0. The van der Waals surface area contributed by atoms with Crippen molar-refractivity contribution in [2.75, 3.05) is 50.8 Å². The Morgan fingerprint density at radius 3 is 2.48 bits per heavy atom. The highest BCUT2D eigenvalue weighted by Gasteiger charge is 2.27. The first kappa shape index (κ1) is 19.5. The minimum Gasteiger partial charge on any atom is -0.381 e. The van der Waals surface area contributed by atoms with Gasteiger partial charge in [-0.15, -0.1) is 0 Å². The van der Waals surface area contributed by atoms with Crippen molar-refractivity contribution in [3.63, 3.8) is 0 Å². The predicted octanol–water partition coefficient (Wildman–Crippen LogP) is 2.98. The van der Waals surface area contributed by atoms with Crippen LogP contribution in [0.3, 0.4) is 0 Å². The monoisotopic (exact) mass is 395 g/mol. The zero-order valence-electron chi connectivity index (χ0n) is 16.3. The number of nitrogens with zero attached hydrogens (tertiary/aromatic N) is 3. The highest BCUT2D eigenvalue weighted by Crippen LogP contribution is 2.31. The molecule has 0 radical (unpaired) electrons. The number of carbonyl (C=O) groups is 1. The van der Waals surface area contributed by atoms with Crippen LogP contribution in [0.15, 0.2) is 48.5 Å². The molecular formula is C22H25N3O4. The molecule has 29 heavy (non-hydrogen) atoms. The molecule has 2 aliphatic rings. The minimum absolute atomic E-state index is 0.00979. The summed E-state index contributed by atoms with van der Waals surface area (Å²) in [5.74, 6) is 0.392. The normalized spacial score (nSPS) is 20.0. The van der Waals surface area contributed by atoms with Crippen molar-refractivity contribution >= 4 is 17.2 Å². The Morgan fingerprint density at radius 2 is 1.83 bits per heavy atom. The molecule has 0 bridgehead atoms. The Balaban J connectivity index is 1.47. The van der Waals surface area contributed by atoms with E-state index in [4.69, 9.17) is 4.74 Å². The van der Waals surface area contributed by atoms with Crippen molar-refractivity contribution in [1.82, 2.24) is 4.90 Å². The average molecular weight is 395 g/mol. The third kappa shape index (κ3) is 4.46. The van der Waals surface area contributed by atoms with Gasteiger partial charge in [-0.3, -0.25) is 19.8 Å². The van der Waals surface area contributed by atoms with Crippen molar-refractivity contribution in [2.45, 2.75) is 6.42 Å². The van der Waals surface area contributed by atoms with E-state index in [0.717, 1.165) is 52.4 Å². The zero-order chi connectivity index (χ0) is 20.2. The van der Waals surface area contributed by atoms with Gasteiger partial charge in [-0.25, -0.2) is 0 Å². The first-order valence-electron chi connectivity index (χ1n) is 10.0. The number of rotatable bonds is 6. The van der Waals surface area contributed by atoms with Crippen molar-refractivity contribution in [2.24, 2.45) is 5.92 Å². The largest absolute Gasteiger partial charge is 0.381 e. The molecule has 0 spiro atoms. The van der Waals surface area contributed by atoms with Crippen LogP contribution in [0.25, 0.3) is 0 Å². The fraction of sp³-hybridized carbons (Fsp3) is 0.409. The van der Waals surface area contributed by atoms with Crippen LogP contribution in [-0.4, -0.2) is 61.5 Å². The number of ether oxygens (including phenoxy) is 1. The second-order valence-electron chi connectivity index (χ2n) is 7.67. The summed E-state index contributed by atoms with van der Waals surface area (Å²) in [6.45, 7) is 5.94. The van der Waals surface area contributed by atoms with Gasteiger partial charge >= 0.3 is 0 Å². The third-order valence-electron chi connectivity index (χ3n) is 5.72. The van der Waals surface area contributed by atoms with Crippen molar-refractivity contribution in [3.8, 4) is 0 Å². The average Bonchev–Trinajstić information content (AvgIpc) is 3.27. The van der Waals surface area contributed by atoms with Crippen molar-refractivity contribution in [1.29, 1.82) is 0 Å². The SMILES string of the molecule is O=C(c1ccccc1)c1ccc(N2CCN(CC3CCOC3)CC2)c([N+](=O)[O-])c1. The van der Waals surface area contributed by atoms with Crippen molar-refractivity contribution in [3.05, 3.63) is 69.8 Å². The molecule has 2 aromatic carbocycles. The minimum atomic E-state index is -0.390. The lowest BCUT2D eigenvalue weighted by atomic mass is 10.0. The quantitative estimate of drug-likeness (QED) is 0.425.